The zero-order valence-corrected chi connectivity index (χ0v) is 9.12. The fourth-order valence-electron chi connectivity index (χ4n) is 0.701. The third-order valence-electron chi connectivity index (χ3n) is 1.43. The lowest BCUT2D eigenvalue weighted by Gasteiger charge is -1.91. The fourth-order valence-corrected chi connectivity index (χ4v) is 0.701. The highest BCUT2D eigenvalue weighted by Gasteiger charge is 1.73. The van der Waals surface area contributed by atoms with E-state index in [1.807, 2.05) is 18.2 Å². The van der Waals surface area contributed by atoms with Gasteiger partial charge in [0.15, 0.2) is 0 Å². The number of hydrogen-bond donors (Lipinski definition) is 0. The molecule has 0 atom stereocenters. The molecule has 3 nitrogen and oxygen atoms in total. The van der Waals surface area contributed by atoms with E-state index < -0.39 is 0 Å². The van der Waals surface area contributed by atoms with Crippen LogP contribution in [0.25, 0.3) is 0 Å². The predicted molar refractivity (Wildman–Crippen MR) is 58.5 cm³/mol. The molecule has 2 N–H and O–H groups in total. The molecule has 0 aliphatic carbocycles. The summed E-state index contributed by atoms with van der Waals surface area (Å²) in [6.07, 6.45) is 0. The Hall–Kier alpha value is -0.900. The summed E-state index contributed by atoms with van der Waals surface area (Å²) in [7, 11) is 3.30. The van der Waals surface area contributed by atoms with Gasteiger partial charge in [0.1, 0.15) is 0 Å². The van der Waals surface area contributed by atoms with Crippen molar-refractivity contribution in [1.82, 2.24) is 0 Å². The van der Waals surface area contributed by atoms with Gasteiger partial charge in [-0.15, -0.1) is 0 Å². The molecule has 1 rings (SSSR count). The smallest absolute Gasteiger partial charge is 0.0696 e. The van der Waals surface area contributed by atoms with Crippen molar-refractivity contribution in [2.75, 3.05) is 27.4 Å². The normalized spacial score (nSPS) is 8.21. The van der Waals surface area contributed by atoms with Gasteiger partial charge in [0, 0.05) is 14.2 Å². The van der Waals surface area contributed by atoms with Crippen LogP contribution < -0.4 is 0 Å². The molecule has 0 amide bonds. The van der Waals surface area contributed by atoms with E-state index in [4.69, 9.17) is 0 Å². The van der Waals surface area contributed by atoms with Crippen LogP contribution in [0, 0.1) is 6.92 Å². The molecule has 0 fully saturated rings. The largest absolute Gasteiger partial charge is 0.412 e. The minimum Gasteiger partial charge on any atom is -0.412 e. The quantitative estimate of drug-likeness (QED) is 0.693. The van der Waals surface area contributed by atoms with Crippen LogP contribution in [0.2, 0.25) is 0 Å². The molecular weight excluding hydrogens is 180 g/mol. The van der Waals surface area contributed by atoms with Gasteiger partial charge in [-0.2, -0.15) is 0 Å². The number of hydrogen-bond acceptors (Lipinski definition) is 2. The molecule has 82 valence electrons. The highest BCUT2D eigenvalue weighted by molar-refractivity contribution is 5.11. The first-order chi connectivity index (χ1) is 6.31. The van der Waals surface area contributed by atoms with Crippen molar-refractivity contribution in [3.05, 3.63) is 35.9 Å². The Morgan fingerprint density at radius 1 is 0.929 bits per heavy atom. The monoisotopic (exact) mass is 200 g/mol. The maximum absolute atomic E-state index is 4.66. The lowest BCUT2D eigenvalue weighted by atomic mass is 10.2. The molecule has 0 radical (unpaired) electrons. The lowest BCUT2D eigenvalue weighted by molar-refractivity contribution is 0.103. The van der Waals surface area contributed by atoms with Crippen molar-refractivity contribution in [3.8, 4) is 0 Å². The molecule has 0 saturated heterocycles. The van der Waals surface area contributed by atoms with Crippen molar-refractivity contribution >= 4 is 0 Å². The minimum absolute atomic E-state index is 0. The van der Waals surface area contributed by atoms with Crippen LogP contribution in [-0.4, -0.2) is 32.9 Å². The number of ether oxygens (including phenoxy) is 2. The summed E-state index contributed by atoms with van der Waals surface area (Å²) in [6.45, 7) is 3.47. The molecule has 0 bridgehead atoms. The average molecular weight is 200 g/mol. The Kier molecular flexibility index (Phi) is 13.5. The van der Waals surface area contributed by atoms with Gasteiger partial charge >= 0.3 is 0 Å². The van der Waals surface area contributed by atoms with Gasteiger partial charge in [-0.05, 0) is 6.92 Å². The summed E-state index contributed by atoms with van der Waals surface area (Å²) in [5, 5.41) is 0. The van der Waals surface area contributed by atoms with Gasteiger partial charge in [-0.25, -0.2) is 0 Å². The SMILES string of the molecule is COCCOC.Cc1ccccc1.O. The Morgan fingerprint density at radius 2 is 1.36 bits per heavy atom. The number of methoxy groups -OCH3 is 2. The molecule has 0 aromatic heterocycles. The van der Waals surface area contributed by atoms with Gasteiger partial charge in [0.2, 0.25) is 0 Å². The summed E-state index contributed by atoms with van der Waals surface area (Å²) in [5.41, 5.74) is 1.32. The van der Waals surface area contributed by atoms with E-state index in [-0.39, 0.29) is 5.48 Å². The maximum Gasteiger partial charge on any atom is 0.0696 e. The average Bonchev–Trinajstić information content (AvgIpc) is 2.17. The first-order valence-electron chi connectivity index (χ1n) is 4.30. The molecule has 0 unspecified atom stereocenters. The first-order valence-corrected chi connectivity index (χ1v) is 4.30. The van der Waals surface area contributed by atoms with Gasteiger partial charge < -0.3 is 14.9 Å². The third-order valence-corrected chi connectivity index (χ3v) is 1.43. The minimum atomic E-state index is 0. The summed E-state index contributed by atoms with van der Waals surface area (Å²) in [6, 6.07) is 10.3. The predicted octanol–water partition coefficient (Wildman–Crippen LogP) is 1.45. The van der Waals surface area contributed by atoms with Crippen molar-refractivity contribution in [3.63, 3.8) is 0 Å². The highest BCUT2D eigenvalue weighted by Crippen LogP contribution is 1.92. The van der Waals surface area contributed by atoms with Crippen LogP contribution in [0.3, 0.4) is 0 Å². The standard InChI is InChI=1S/C7H8.C4H10O2.H2O/c1-7-5-3-2-4-6-7;1-5-3-4-6-2;/h2-6H,1H3;3-4H2,1-2H3;1H2. The van der Waals surface area contributed by atoms with E-state index in [0.29, 0.717) is 13.2 Å². The van der Waals surface area contributed by atoms with Crippen LogP contribution in [-0.2, 0) is 9.47 Å². The van der Waals surface area contributed by atoms with E-state index in [9.17, 15) is 0 Å². The van der Waals surface area contributed by atoms with Gasteiger partial charge in [-0.3, -0.25) is 0 Å². The van der Waals surface area contributed by atoms with E-state index in [1.54, 1.807) is 14.2 Å². The topological polar surface area (TPSA) is 50.0 Å². The van der Waals surface area contributed by atoms with Crippen LogP contribution in [0.15, 0.2) is 30.3 Å². The summed E-state index contributed by atoms with van der Waals surface area (Å²) < 4.78 is 9.31. The molecule has 3 heteroatoms. The number of benzene rings is 1. The van der Waals surface area contributed by atoms with Crippen LogP contribution >= 0.6 is 0 Å². The Bertz CT molecular complexity index is 183. The first kappa shape index (κ1) is 15.6. The van der Waals surface area contributed by atoms with Crippen LogP contribution in [0.5, 0.6) is 0 Å². The van der Waals surface area contributed by atoms with E-state index >= 15 is 0 Å². The third kappa shape index (κ3) is 11.1. The van der Waals surface area contributed by atoms with Crippen LogP contribution in [0.4, 0.5) is 0 Å². The Morgan fingerprint density at radius 3 is 1.57 bits per heavy atom. The second-order valence-electron chi connectivity index (χ2n) is 2.64. The van der Waals surface area contributed by atoms with E-state index in [0.717, 1.165) is 0 Å². The summed E-state index contributed by atoms with van der Waals surface area (Å²) in [5.74, 6) is 0. The zero-order chi connectivity index (χ0) is 9.94. The van der Waals surface area contributed by atoms with E-state index in [1.165, 1.54) is 5.56 Å². The highest BCUT2D eigenvalue weighted by atomic mass is 16.5. The van der Waals surface area contributed by atoms with Gasteiger partial charge in [0.25, 0.3) is 0 Å². The Labute approximate surface area is 86.0 Å². The summed E-state index contributed by atoms with van der Waals surface area (Å²) >= 11 is 0. The van der Waals surface area contributed by atoms with Crippen molar-refractivity contribution in [1.29, 1.82) is 0 Å². The van der Waals surface area contributed by atoms with Crippen molar-refractivity contribution in [2.45, 2.75) is 6.92 Å². The second kappa shape index (κ2) is 12.1. The molecule has 0 saturated carbocycles. The molecule has 0 heterocycles. The molecule has 0 aliphatic heterocycles. The van der Waals surface area contributed by atoms with Crippen LogP contribution in [0.1, 0.15) is 5.56 Å². The maximum atomic E-state index is 4.66. The summed E-state index contributed by atoms with van der Waals surface area (Å²) in [4.78, 5) is 0. The van der Waals surface area contributed by atoms with E-state index in [2.05, 4.69) is 28.5 Å². The fraction of sp³-hybridized carbons (Fsp3) is 0.455. The molecule has 1 aromatic rings. The number of rotatable bonds is 3. The zero-order valence-electron chi connectivity index (χ0n) is 9.12. The molecule has 14 heavy (non-hydrogen) atoms. The number of aryl methyl sites for hydroxylation is 1. The molecule has 0 aliphatic rings. The molecular formula is C11H20O3. The Balaban J connectivity index is 0. The second-order valence-corrected chi connectivity index (χ2v) is 2.64. The lowest BCUT2D eigenvalue weighted by Crippen LogP contribution is -1.96. The molecule has 0 spiro atoms. The van der Waals surface area contributed by atoms with Crippen molar-refractivity contribution < 1.29 is 14.9 Å². The van der Waals surface area contributed by atoms with Gasteiger partial charge in [0.05, 0.1) is 13.2 Å². The van der Waals surface area contributed by atoms with Crippen molar-refractivity contribution in [2.24, 2.45) is 0 Å². The molecule has 1 aromatic carbocycles. The van der Waals surface area contributed by atoms with Gasteiger partial charge in [-0.1, -0.05) is 35.9 Å².